The van der Waals surface area contributed by atoms with Crippen molar-refractivity contribution in [3.63, 3.8) is 0 Å². The zero-order valence-corrected chi connectivity index (χ0v) is 11.9. The normalized spacial score (nSPS) is 10.6. The molecule has 0 aromatic heterocycles. The van der Waals surface area contributed by atoms with E-state index in [2.05, 4.69) is 22.9 Å². The zero-order chi connectivity index (χ0) is 12.7. The molecule has 0 fully saturated rings. The van der Waals surface area contributed by atoms with E-state index in [1.165, 1.54) is 0 Å². The SMILES string of the molecule is CCCOCCOc1c(C)cc(Br)cc1CO. The Morgan fingerprint density at radius 1 is 1.24 bits per heavy atom. The first-order chi connectivity index (χ1) is 8.19. The number of benzene rings is 1. The fourth-order valence-electron chi connectivity index (χ4n) is 1.57. The number of halogens is 1. The second-order valence-electron chi connectivity index (χ2n) is 3.83. The Kier molecular flexibility index (Phi) is 6.55. The van der Waals surface area contributed by atoms with Crippen LogP contribution in [-0.4, -0.2) is 24.9 Å². The number of hydrogen-bond acceptors (Lipinski definition) is 3. The van der Waals surface area contributed by atoms with Crippen molar-refractivity contribution in [2.45, 2.75) is 26.9 Å². The summed E-state index contributed by atoms with van der Waals surface area (Å²) in [7, 11) is 0. The smallest absolute Gasteiger partial charge is 0.127 e. The number of rotatable bonds is 7. The number of aliphatic hydroxyl groups is 1. The predicted octanol–water partition coefficient (Wildman–Crippen LogP) is 3.06. The maximum absolute atomic E-state index is 9.28. The van der Waals surface area contributed by atoms with Crippen LogP contribution >= 0.6 is 15.9 Å². The van der Waals surface area contributed by atoms with E-state index in [-0.39, 0.29) is 6.61 Å². The van der Waals surface area contributed by atoms with Gasteiger partial charge in [-0.05, 0) is 31.0 Å². The van der Waals surface area contributed by atoms with Crippen LogP contribution in [0.25, 0.3) is 0 Å². The standard InChI is InChI=1S/C13H19BrO3/c1-3-4-16-5-6-17-13-10(2)7-12(14)8-11(13)9-15/h7-8,15H,3-6,9H2,1-2H3. The maximum Gasteiger partial charge on any atom is 0.127 e. The highest BCUT2D eigenvalue weighted by molar-refractivity contribution is 9.10. The van der Waals surface area contributed by atoms with E-state index in [0.29, 0.717) is 13.2 Å². The van der Waals surface area contributed by atoms with Crippen LogP contribution in [0.15, 0.2) is 16.6 Å². The van der Waals surface area contributed by atoms with Crippen LogP contribution in [0.5, 0.6) is 5.75 Å². The minimum absolute atomic E-state index is 0.0224. The second-order valence-corrected chi connectivity index (χ2v) is 4.75. The first-order valence-electron chi connectivity index (χ1n) is 5.79. The summed E-state index contributed by atoms with van der Waals surface area (Å²) in [6, 6.07) is 3.84. The fraction of sp³-hybridized carbons (Fsp3) is 0.538. The molecule has 0 saturated heterocycles. The molecule has 0 heterocycles. The Bertz CT molecular complexity index is 353. The molecule has 0 atom stereocenters. The van der Waals surface area contributed by atoms with E-state index in [4.69, 9.17) is 9.47 Å². The molecule has 1 rings (SSSR count). The van der Waals surface area contributed by atoms with Crippen LogP contribution in [0.1, 0.15) is 24.5 Å². The summed E-state index contributed by atoms with van der Waals surface area (Å²) in [5.74, 6) is 0.760. The summed E-state index contributed by atoms with van der Waals surface area (Å²) in [5.41, 5.74) is 1.81. The monoisotopic (exact) mass is 302 g/mol. The summed E-state index contributed by atoms with van der Waals surface area (Å²) < 4.78 is 12.0. The average molecular weight is 303 g/mol. The van der Waals surface area contributed by atoms with Crippen LogP contribution in [0, 0.1) is 6.92 Å². The summed E-state index contributed by atoms with van der Waals surface area (Å²) in [4.78, 5) is 0. The maximum atomic E-state index is 9.28. The first kappa shape index (κ1) is 14.5. The molecular formula is C13H19BrO3. The van der Waals surface area contributed by atoms with Crippen LogP contribution in [0.3, 0.4) is 0 Å². The van der Waals surface area contributed by atoms with Crippen LogP contribution in [0.4, 0.5) is 0 Å². The lowest BCUT2D eigenvalue weighted by atomic mass is 10.1. The Labute approximate surface area is 111 Å². The molecule has 1 aromatic rings. The zero-order valence-electron chi connectivity index (χ0n) is 10.3. The van der Waals surface area contributed by atoms with Gasteiger partial charge < -0.3 is 14.6 Å². The molecule has 0 bridgehead atoms. The fourth-order valence-corrected chi connectivity index (χ4v) is 2.19. The minimum Gasteiger partial charge on any atom is -0.491 e. The highest BCUT2D eigenvalue weighted by atomic mass is 79.9. The topological polar surface area (TPSA) is 38.7 Å². The molecule has 1 N–H and O–H groups in total. The van der Waals surface area contributed by atoms with Gasteiger partial charge in [-0.3, -0.25) is 0 Å². The summed E-state index contributed by atoms with van der Waals surface area (Å²) in [6.45, 7) is 5.86. The van der Waals surface area contributed by atoms with Gasteiger partial charge in [-0.1, -0.05) is 22.9 Å². The van der Waals surface area contributed by atoms with Gasteiger partial charge in [0.2, 0.25) is 0 Å². The van der Waals surface area contributed by atoms with Crippen molar-refractivity contribution >= 4 is 15.9 Å². The van der Waals surface area contributed by atoms with Gasteiger partial charge in [0.15, 0.2) is 0 Å². The van der Waals surface area contributed by atoms with E-state index in [9.17, 15) is 5.11 Å². The predicted molar refractivity (Wildman–Crippen MR) is 71.4 cm³/mol. The Hall–Kier alpha value is -0.580. The lowest BCUT2D eigenvalue weighted by Crippen LogP contribution is -2.09. The van der Waals surface area contributed by atoms with E-state index in [1.54, 1.807) is 0 Å². The van der Waals surface area contributed by atoms with Gasteiger partial charge in [-0.15, -0.1) is 0 Å². The molecule has 1 aromatic carbocycles. The van der Waals surface area contributed by atoms with Gasteiger partial charge in [0, 0.05) is 16.6 Å². The molecule has 0 radical (unpaired) electrons. The van der Waals surface area contributed by atoms with Gasteiger partial charge in [0.25, 0.3) is 0 Å². The third kappa shape index (κ3) is 4.66. The highest BCUT2D eigenvalue weighted by Crippen LogP contribution is 2.28. The quantitative estimate of drug-likeness (QED) is 0.787. The van der Waals surface area contributed by atoms with Crippen LogP contribution < -0.4 is 4.74 Å². The largest absolute Gasteiger partial charge is 0.491 e. The molecule has 17 heavy (non-hydrogen) atoms. The molecule has 0 saturated carbocycles. The number of aliphatic hydroxyl groups excluding tert-OH is 1. The van der Waals surface area contributed by atoms with E-state index in [0.717, 1.165) is 34.4 Å². The van der Waals surface area contributed by atoms with Gasteiger partial charge in [0.1, 0.15) is 12.4 Å². The van der Waals surface area contributed by atoms with E-state index in [1.807, 2.05) is 19.1 Å². The lowest BCUT2D eigenvalue weighted by Gasteiger charge is -2.13. The molecule has 0 aliphatic carbocycles. The molecule has 96 valence electrons. The second kappa shape index (κ2) is 7.69. The van der Waals surface area contributed by atoms with Crippen molar-refractivity contribution < 1.29 is 14.6 Å². The van der Waals surface area contributed by atoms with Crippen molar-refractivity contribution in [1.82, 2.24) is 0 Å². The Balaban J connectivity index is 2.57. The molecule has 0 spiro atoms. The molecule has 3 nitrogen and oxygen atoms in total. The van der Waals surface area contributed by atoms with Crippen molar-refractivity contribution in [2.24, 2.45) is 0 Å². The molecule has 0 unspecified atom stereocenters. The minimum atomic E-state index is -0.0224. The molecule has 0 aliphatic heterocycles. The van der Waals surface area contributed by atoms with Crippen LogP contribution in [0.2, 0.25) is 0 Å². The van der Waals surface area contributed by atoms with Crippen molar-refractivity contribution in [1.29, 1.82) is 0 Å². The van der Waals surface area contributed by atoms with Gasteiger partial charge in [-0.2, -0.15) is 0 Å². The van der Waals surface area contributed by atoms with E-state index < -0.39 is 0 Å². The number of hydrogen-bond donors (Lipinski definition) is 1. The molecule has 0 amide bonds. The van der Waals surface area contributed by atoms with Crippen molar-refractivity contribution in [3.05, 3.63) is 27.7 Å². The molecule has 0 aliphatic rings. The number of aryl methyl sites for hydroxylation is 1. The molecule has 4 heteroatoms. The van der Waals surface area contributed by atoms with E-state index >= 15 is 0 Å². The summed E-state index contributed by atoms with van der Waals surface area (Å²) in [5, 5.41) is 9.28. The molecular weight excluding hydrogens is 284 g/mol. The third-order valence-corrected chi connectivity index (χ3v) is 2.77. The Morgan fingerprint density at radius 3 is 2.65 bits per heavy atom. The highest BCUT2D eigenvalue weighted by Gasteiger charge is 2.08. The summed E-state index contributed by atoms with van der Waals surface area (Å²) in [6.07, 6.45) is 1.01. The Morgan fingerprint density at radius 2 is 2.00 bits per heavy atom. The van der Waals surface area contributed by atoms with Crippen LogP contribution in [-0.2, 0) is 11.3 Å². The lowest BCUT2D eigenvalue weighted by molar-refractivity contribution is 0.0994. The summed E-state index contributed by atoms with van der Waals surface area (Å²) >= 11 is 3.40. The van der Waals surface area contributed by atoms with Gasteiger partial charge in [-0.25, -0.2) is 0 Å². The average Bonchev–Trinajstić information content (AvgIpc) is 2.30. The number of ether oxygens (including phenoxy) is 2. The third-order valence-electron chi connectivity index (χ3n) is 2.31. The first-order valence-corrected chi connectivity index (χ1v) is 6.58. The van der Waals surface area contributed by atoms with Crippen molar-refractivity contribution in [2.75, 3.05) is 19.8 Å². The van der Waals surface area contributed by atoms with Gasteiger partial charge in [0.05, 0.1) is 13.2 Å². The van der Waals surface area contributed by atoms with Gasteiger partial charge >= 0.3 is 0 Å². The van der Waals surface area contributed by atoms with Crippen molar-refractivity contribution in [3.8, 4) is 5.75 Å².